The number of phosphoric acid groups is 2. The van der Waals surface area contributed by atoms with E-state index in [4.69, 9.17) is 27.6 Å². The summed E-state index contributed by atoms with van der Waals surface area (Å²) >= 11 is 0. The first-order chi connectivity index (χ1) is 12.5. The zero-order valence-electron chi connectivity index (χ0n) is 14.9. The third-order valence-corrected chi connectivity index (χ3v) is 5.86. The van der Waals surface area contributed by atoms with Crippen LogP contribution in [0.1, 0.15) is 20.3 Å². The van der Waals surface area contributed by atoms with Crippen LogP contribution in [-0.4, -0.2) is 83.1 Å². The summed E-state index contributed by atoms with van der Waals surface area (Å²) in [5.74, 6) is 0. The maximum atomic E-state index is 12.1. The Kier molecular flexibility index (Phi) is 8.39. The largest absolute Gasteiger partial charge is 0.472 e. The molecular formula is C13H26O12P2. The highest BCUT2D eigenvalue weighted by Gasteiger charge is 2.44. The first-order valence-corrected chi connectivity index (χ1v) is 11.4. The molecule has 4 N–H and O–H groups in total. The molecule has 27 heavy (non-hydrogen) atoms. The molecule has 0 aromatic carbocycles. The van der Waals surface area contributed by atoms with Gasteiger partial charge in [0.1, 0.15) is 18.3 Å². The van der Waals surface area contributed by atoms with Crippen LogP contribution in [-0.2, 0) is 36.7 Å². The Balaban J connectivity index is 1.86. The molecule has 2 heterocycles. The maximum Gasteiger partial charge on any atom is 0.472 e. The van der Waals surface area contributed by atoms with Crippen molar-refractivity contribution in [2.45, 2.75) is 56.9 Å². The molecule has 160 valence electrons. The molecule has 2 aliphatic heterocycles. The highest BCUT2D eigenvalue weighted by Crippen LogP contribution is 2.48. The first-order valence-electron chi connectivity index (χ1n) is 8.38. The van der Waals surface area contributed by atoms with Crippen LogP contribution in [0.4, 0.5) is 0 Å². The standard InChI is InChI=1S/C13H26O12P2/c1-8(2)24-26(16,17)23-7-12-13(11(15)6-21-12)25-27(18,19)22-5-10-3-9(14)4-20-10/h8-15H,3-7H2,1-2H3,(H,16,17)(H,18,19)/t9-,10+,11+,12-,13+/m1/s1. The van der Waals surface area contributed by atoms with Crippen molar-refractivity contribution in [3.63, 3.8) is 0 Å². The third kappa shape index (κ3) is 7.77. The van der Waals surface area contributed by atoms with E-state index in [0.717, 1.165) is 0 Å². The first kappa shape index (κ1) is 23.3. The molecule has 14 heteroatoms. The molecule has 2 rings (SSSR count). The molecule has 2 aliphatic rings. The highest BCUT2D eigenvalue weighted by atomic mass is 31.2. The van der Waals surface area contributed by atoms with Gasteiger partial charge in [0.25, 0.3) is 0 Å². The number of aliphatic hydroxyl groups excluding tert-OH is 2. The lowest BCUT2D eigenvalue weighted by Crippen LogP contribution is -2.35. The lowest BCUT2D eigenvalue weighted by Gasteiger charge is -2.24. The molecule has 0 saturated carbocycles. The second-order valence-electron chi connectivity index (χ2n) is 6.54. The van der Waals surface area contributed by atoms with Crippen molar-refractivity contribution in [1.29, 1.82) is 0 Å². The second-order valence-corrected chi connectivity index (χ2v) is 9.35. The van der Waals surface area contributed by atoms with Gasteiger partial charge in [-0.3, -0.25) is 18.1 Å². The summed E-state index contributed by atoms with van der Waals surface area (Å²) in [6, 6.07) is 0. The Morgan fingerprint density at radius 1 is 1.04 bits per heavy atom. The SMILES string of the molecule is CC(C)OP(=O)(O)OC[C@H]1OC[C@H](O)[C@@H]1OP(=O)(O)OC[C@@H]1C[C@@H](O)CO1. The fourth-order valence-corrected chi connectivity index (χ4v) is 4.50. The van der Waals surface area contributed by atoms with E-state index in [2.05, 4.69) is 0 Å². The summed E-state index contributed by atoms with van der Waals surface area (Å²) in [6.07, 6.45) is -5.21. The monoisotopic (exact) mass is 436 g/mol. The zero-order valence-corrected chi connectivity index (χ0v) is 16.7. The van der Waals surface area contributed by atoms with Crippen LogP contribution in [0, 0.1) is 0 Å². The minimum absolute atomic E-state index is 0.110. The van der Waals surface area contributed by atoms with Crippen LogP contribution >= 0.6 is 15.6 Å². The van der Waals surface area contributed by atoms with Crippen molar-refractivity contribution in [2.75, 3.05) is 26.4 Å². The lowest BCUT2D eigenvalue weighted by atomic mass is 10.2. The van der Waals surface area contributed by atoms with Gasteiger partial charge in [-0.25, -0.2) is 9.13 Å². The van der Waals surface area contributed by atoms with Crippen LogP contribution < -0.4 is 0 Å². The van der Waals surface area contributed by atoms with Gasteiger partial charge in [0.15, 0.2) is 0 Å². The topological polar surface area (TPSA) is 170 Å². The molecule has 2 saturated heterocycles. The fraction of sp³-hybridized carbons (Fsp3) is 1.00. The van der Waals surface area contributed by atoms with Crippen LogP contribution in [0.5, 0.6) is 0 Å². The summed E-state index contributed by atoms with van der Waals surface area (Å²) < 4.78 is 53.5. The number of ether oxygens (including phenoxy) is 2. The third-order valence-electron chi connectivity index (χ3n) is 3.71. The van der Waals surface area contributed by atoms with E-state index in [-0.39, 0.29) is 26.2 Å². The minimum Gasteiger partial charge on any atom is -0.391 e. The Morgan fingerprint density at radius 3 is 2.30 bits per heavy atom. The number of rotatable bonds is 10. The molecule has 0 bridgehead atoms. The normalized spacial score (nSPS) is 36.0. The van der Waals surface area contributed by atoms with Gasteiger partial charge in [0, 0.05) is 6.42 Å². The number of hydrogen-bond donors (Lipinski definition) is 4. The Labute approximate surface area is 156 Å². The molecule has 12 nitrogen and oxygen atoms in total. The second kappa shape index (κ2) is 9.71. The van der Waals surface area contributed by atoms with Gasteiger partial charge in [0.05, 0.1) is 44.7 Å². The predicted molar refractivity (Wildman–Crippen MR) is 88.8 cm³/mol. The smallest absolute Gasteiger partial charge is 0.391 e. The lowest BCUT2D eigenvalue weighted by molar-refractivity contribution is -0.0203. The van der Waals surface area contributed by atoms with Crippen molar-refractivity contribution in [3.05, 3.63) is 0 Å². The fourth-order valence-electron chi connectivity index (χ4n) is 2.57. The van der Waals surface area contributed by atoms with Gasteiger partial charge < -0.3 is 29.5 Å². The van der Waals surface area contributed by atoms with Gasteiger partial charge >= 0.3 is 15.6 Å². The van der Waals surface area contributed by atoms with Crippen molar-refractivity contribution < 1.29 is 56.7 Å². The minimum atomic E-state index is -4.60. The molecule has 0 amide bonds. The summed E-state index contributed by atoms with van der Waals surface area (Å²) in [5.41, 5.74) is 0. The average molecular weight is 436 g/mol. The van der Waals surface area contributed by atoms with Crippen molar-refractivity contribution in [1.82, 2.24) is 0 Å². The molecule has 0 aromatic rings. The molecule has 7 atom stereocenters. The summed E-state index contributed by atoms with van der Waals surface area (Å²) in [5, 5.41) is 19.2. The van der Waals surface area contributed by atoms with Gasteiger partial charge in [-0.2, -0.15) is 0 Å². The van der Waals surface area contributed by atoms with E-state index in [1.807, 2.05) is 0 Å². The van der Waals surface area contributed by atoms with Gasteiger partial charge in [0.2, 0.25) is 0 Å². The molecule has 2 fully saturated rings. The Hall–Kier alpha value is 0.0600. The van der Waals surface area contributed by atoms with Crippen molar-refractivity contribution in [2.24, 2.45) is 0 Å². The van der Waals surface area contributed by atoms with Gasteiger partial charge in [-0.15, -0.1) is 0 Å². The summed E-state index contributed by atoms with van der Waals surface area (Å²) in [4.78, 5) is 19.4. The van der Waals surface area contributed by atoms with Crippen LogP contribution in [0.2, 0.25) is 0 Å². The van der Waals surface area contributed by atoms with Gasteiger partial charge in [-0.05, 0) is 13.8 Å². The van der Waals surface area contributed by atoms with Crippen molar-refractivity contribution >= 4 is 15.6 Å². The molecule has 0 aliphatic carbocycles. The van der Waals surface area contributed by atoms with E-state index in [1.165, 1.54) is 0 Å². The van der Waals surface area contributed by atoms with Gasteiger partial charge in [-0.1, -0.05) is 0 Å². The van der Waals surface area contributed by atoms with E-state index >= 15 is 0 Å². The number of hydrogen-bond acceptors (Lipinski definition) is 10. The summed E-state index contributed by atoms with van der Waals surface area (Å²) in [7, 11) is -8.95. The quantitative estimate of drug-likeness (QED) is 0.337. The van der Waals surface area contributed by atoms with E-state index in [0.29, 0.717) is 0 Å². The van der Waals surface area contributed by atoms with Crippen molar-refractivity contribution in [3.8, 4) is 0 Å². The molecule has 0 radical (unpaired) electrons. The van der Waals surface area contributed by atoms with E-state index in [1.54, 1.807) is 13.8 Å². The molecular weight excluding hydrogens is 410 g/mol. The van der Waals surface area contributed by atoms with Crippen LogP contribution in [0.15, 0.2) is 0 Å². The molecule has 0 aromatic heterocycles. The summed E-state index contributed by atoms with van der Waals surface area (Å²) in [6.45, 7) is 2.17. The Bertz CT molecular complexity index is 571. The Morgan fingerprint density at radius 2 is 1.70 bits per heavy atom. The van der Waals surface area contributed by atoms with Crippen LogP contribution in [0.25, 0.3) is 0 Å². The van der Waals surface area contributed by atoms with Crippen LogP contribution in [0.3, 0.4) is 0 Å². The van der Waals surface area contributed by atoms with E-state index < -0.39 is 58.9 Å². The predicted octanol–water partition coefficient (Wildman–Crippen LogP) is -0.0599. The number of phosphoric ester groups is 2. The molecule has 0 spiro atoms. The number of aliphatic hydroxyl groups is 2. The molecule has 2 unspecified atom stereocenters. The zero-order chi connectivity index (χ0) is 20.2. The highest BCUT2D eigenvalue weighted by molar-refractivity contribution is 7.47. The maximum absolute atomic E-state index is 12.1. The van der Waals surface area contributed by atoms with E-state index in [9.17, 15) is 29.1 Å². The average Bonchev–Trinajstić information content (AvgIpc) is 3.09.